The Morgan fingerprint density at radius 3 is 2.52 bits per heavy atom. The van der Waals surface area contributed by atoms with Crippen LogP contribution in [0.2, 0.25) is 0 Å². The molecule has 0 aliphatic carbocycles. The van der Waals surface area contributed by atoms with Crippen molar-refractivity contribution in [2.24, 2.45) is 0 Å². The van der Waals surface area contributed by atoms with Crippen LogP contribution in [0.5, 0.6) is 5.75 Å². The first kappa shape index (κ1) is 21.0. The van der Waals surface area contributed by atoms with Crippen LogP contribution < -0.4 is 15.0 Å². The number of anilines is 2. The van der Waals surface area contributed by atoms with Crippen molar-refractivity contribution in [2.75, 3.05) is 37.0 Å². The summed E-state index contributed by atoms with van der Waals surface area (Å²) in [5.74, 6) is -0.431. The standard InChI is InChI=1S/C23H23N3O4S/c1-30-19-7-3-2-6-18(19)24-21(27)15-26-22(28)20(31-23(26)29)14-16-8-10-17(11-9-16)25-12-4-5-13-25/h2-3,6-11,14H,4-5,12-13,15H2,1H3,(H,24,27)/b20-14-. The van der Waals surface area contributed by atoms with Gasteiger partial charge in [-0.3, -0.25) is 19.3 Å². The van der Waals surface area contributed by atoms with Gasteiger partial charge in [-0.15, -0.1) is 0 Å². The highest BCUT2D eigenvalue weighted by atomic mass is 32.2. The highest BCUT2D eigenvalue weighted by Gasteiger charge is 2.36. The molecule has 2 heterocycles. The molecule has 8 heteroatoms. The minimum Gasteiger partial charge on any atom is -0.495 e. The number of benzene rings is 2. The first-order chi connectivity index (χ1) is 15.0. The summed E-state index contributed by atoms with van der Waals surface area (Å²) in [6, 6.07) is 14.9. The first-order valence-corrected chi connectivity index (χ1v) is 10.9. The van der Waals surface area contributed by atoms with Crippen molar-refractivity contribution in [3.8, 4) is 5.75 Å². The predicted octanol–water partition coefficient (Wildman–Crippen LogP) is 3.97. The number of hydrogen-bond acceptors (Lipinski definition) is 6. The van der Waals surface area contributed by atoms with Gasteiger partial charge in [0.25, 0.3) is 11.1 Å². The molecule has 0 spiro atoms. The lowest BCUT2D eigenvalue weighted by Crippen LogP contribution is -2.36. The van der Waals surface area contributed by atoms with Crippen molar-refractivity contribution in [2.45, 2.75) is 12.8 Å². The van der Waals surface area contributed by atoms with Gasteiger partial charge in [0.2, 0.25) is 5.91 Å². The second-order valence-electron chi connectivity index (χ2n) is 7.30. The van der Waals surface area contributed by atoms with E-state index >= 15 is 0 Å². The summed E-state index contributed by atoms with van der Waals surface area (Å²) in [4.78, 5) is 41.1. The Bertz CT molecular complexity index is 1030. The van der Waals surface area contributed by atoms with Crippen molar-refractivity contribution < 1.29 is 19.1 Å². The van der Waals surface area contributed by atoms with Gasteiger partial charge in [-0.05, 0) is 60.5 Å². The zero-order valence-electron chi connectivity index (χ0n) is 17.2. The van der Waals surface area contributed by atoms with Gasteiger partial charge in [0.15, 0.2) is 0 Å². The molecule has 2 aromatic rings. The van der Waals surface area contributed by atoms with Crippen LogP contribution in [0.15, 0.2) is 53.4 Å². The van der Waals surface area contributed by atoms with E-state index in [1.54, 1.807) is 30.3 Å². The van der Waals surface area contributed by atoms with E-state index in [2.05, 4.69) is 10.2 Å². The Labute approximate surface area is 185 Å². The normalized spacial score (nSPS) is 17.5. The molecule has 0 unspecified atom stereocenters. The van der Waals surface area contributed by atoms with Crippen LogP contribution in [0.3, 0.4) is 0 Å². The third-order valence-electron chi connectivity index (χ3n) is 5.22. The summed E-state index contributed by atoms with van der Waals surface area (Å²) >= 11 is 0.846. The van der Waals surface area contributed by atoms with Crippen LogP contribution in [0.1, 0.15) is 18.4 Å². The Hall–Kier alpha value is -3.26. The smallest absolute Gasteiger partial charge is 0.294 e. The van der Waals surface area contributed by atoms with Gasteiger partial charge in [0.1, 0.15) is 12.3 Å². The quantitative estimate of drug-likeness (QED) is 0.689. The molecule has 31 heavy (non-hydrogen) atoms. The van der Waals surface area contributed by atoms with Crippen LogP contribution in [-0.2, 0) is 9.59 Å². The fourth-order valence-corrected chi connectivity index (χ4v) is 4.46. The van der Waals surface area contributed by atoms with E-state index in [-0.39, 0.29) is 6.54 Å². The summed E-state index contributed by atoms with van der Waals surface area (Å²) in [6.45, 7) is 1.78. The lowest BCUT2D eigenvalue weighted by molar-refractivity contribution is -0.127. The zero-order chi connectivity index (χ0) is 21.8. The average molecular weight is 438 g/mol. The van der Waals surface area contributed by atoms with Gasteiger partial charge in [0, 0.05) is 18.8 Å². The van der Waals surface area contributed by atoms with Crippen LogP contribution in [0.25, 0.3) is 6.08 Å². The molecule has 7 nitrogen and oxygen atoms in total. The Balaban J connectivity index is 1.41. The molecule has 3 amide bonds. The maximum Gasteiger partial charge on any atom is 0.294 e. The van der Waals surface area contributed by atoms with E-state index in [9.17, 15) is 14.4 Å². The molecule has 0 radical (unpaired) electrons. The number of hydrogen-bond donors (Lipinski definition) is 1. The maximum absolute atomic E-state index is 12.7. The molecule has 2 aliphatic heterocycles. The SMILES string of the molecule is COc1ccccc1NC(=O)CN1C(=O)S/C(=C\c2ccc(N3CCCC3)cc2)C1=O. The summed E-state index contributed by atoms with van der Waals surface area (Å²) in [5.41, 5.74) is 2.48. The molecule has 4 rings (SSSR count). The van der Waals surface area contributed by atoms with Crippen molar-refractivity contribution in [1.82, 2.24) is 4.90 Å². The van der Waals surface area contributed by atoms with Crippen LogP contribution in [-0.4, -0.2) is 48.7 Å². The Morgan fingerprint density at radius 1 is 1.10 bits per heavy atom. The van der Waals surface area contributed by atoms with Crippen molar-refractivity contribution in [1.29, 1.82) is 0 Å². The number of nitrogens with zero attached hydrogens (tertiary/aromatic N) is 2. The molecule has 2 aromatic carbocycles. The third-order valence-corrected chi connectivity index (χ3v) is 6.13. The fourth-order valence-electron chi connectivity index (χ4n) is 3.63. The molecule has 2 fully saturated rings. The predicted molar refractivity (Wildman–Crippen MR) is 122 cm³/mol. The van der Waals surface area contributed by atoms with Gasteiger partial charge < -0.3 is 15.0 Å². The molecule has 2 aliphatic rings. The van der Waals surface area contributed by atoms with E-state index < -0.39 is 17.1 Å². The molecule has 1 N–H and O–H groups in total. The summed E-state index contributed by atoms with van der Waals surface area (Å²) < 4.78 is 5.20. The molecule has 2 saturated heterocycles. The van der Waals surface area contributed by atoms with E-state index in [0.29, 0.717) is 16.3 Å². The molecule has 0 bridgehead atoms. The Morgan fingerprint density at radius 2 is 1.81 bits per heavy atom. The second-order valence-corrected chi connectivity index (χ2v) is 8.30. The van der Waals surface area contributed by atoms with Gasteiger partial charge >= 0.3 is 0 Å². The highest BCUT2D eigenvalue weighted by molar-refractivity contribution is 8.18. The lowest BCUT2D eigenvalue weighted by Gasteiger charge is -2.17. The minimum atomic E-state index is -0.469. The average Bonchev–Trinajstić information content (AvgIpc) is 3.40. The van der Waals surface area contributed by atoms with Crippen LogP contribution >= 0.6 is 11.8 Å². The van der Waals surface area contributed by atoms with E-state index in [1.807, 2.05) is 24.3 Å². The monoisotopic (exact) mass is 437 g/mol. The summed E-state index contributed by atoms with van der Waals surface area (Å²) in [5, 5.41) is 2.23. The summed E-state index contributed by atoms with van der Waals surface area (Å²) in [7, 11) is 1.50. The number of rotatable bonds is 6. The fraction of sp³-hybridized carbons (Fsp3) is 0.261. The van der Waals surface area contributed by atoms with Crippen molar-refractivity contribution >= 4 is 46.3 Å². The maximum atomic E-state index is 12.7. The zero-order valence-corrected chi connectivity index (χ0v) is 18.0. The number of carbonyl (C=O) groups excluding carboxylic acids is 3. The molecule has 0 atom stereocenters. The van der Waals surface area contributed by atoms with Crippen molar-refractivity contribution in [3.05, 3.63) is 59.0 Å². The molecular formula is C23H23N3O4S. The number of methoxy groups -OCH3 is 1. The highest BCUT2D eigenvalue weighted by Crippen LogP contribution is 2.33. The number of carbonyl (C=O) groups is 3. The van der Waals surface area contributed by atoms with Gasteiger partial charge in [0.05, 0.1) is 17.7 Å². The minimum absolute atomic E-state index is 0.309. The number of thioether (sulfide) groups is 1. The largest absolute Gasteiger partial charge is 0.495 e. The molecule has 0 saturated carbocycles. The third kappa shape index (κ3) is 4.74. The second kappa shape index (κ2) is 9.26. The van der Waals surface area contributed by atoms with Gasteiger partial charge in [-0.25, -0.2) is 0 Å². The van der Waals surface area contributed by atoms with Gasteiger partial charge in [-0.2, -0.15) is 0 Å². The van der Waals surface area contributed by atoms with E-state index in [1.165, 1.54) is 20.0 Å². The van der Waals surface area contributed by atoms with Crippen LogP contribution in [0, 0.1) is 0 Å². The molecule has 0 aromatic heterocycles. The first-order valence-electron chi connectivity index (χ1n) is 10.1. The van der Waals surface area contributed by atoms with E-state index in [4.69, 9.17) is 4.74 Å². The number of ether oxygens (including phenoxy) is 1. The number of amides is 3. The number of imide groups is 1. The lowest BCUT2D eigenvalue weighted by atomic mass is 10.2. The van der Waals surface area contributed by atoms with Crippen LogP contribution in [0.4, 0.5) is 16.2 Å². The topological polar surface area (TPSA) is 79.0 Å². The van der Waals surface area contributed by atoms with Crippen molar-refractivity contribution in [3.63, 3.8) is 0 Å². The van der Waals surface area contributed by atoms with E-state index in [0.717, 1.165) is 41.0 Å². The van der Waals surface area contributed by atoms with Gasteiger partial charge in [-0.1, -0.05) is 24.3 Å². The molecule has 160 valence electrons. The number of nitrogens with one attached hydrogen (secondary N) is 1. The molecular weight excluding hydrogens is 414 g/mol. The summed E-state index contributed by atoms with van der Waals surface area (Å²) in [6.07, 6.45) is 4.11. The Kier molecular flexibility index (Phi) is 6.27. The number of para-hydroxylation sites is 2.